The average molecular weight is 447 g/mol. The van der Waals surface area contributed by atoms with Crippen LogP contribution >= 0.6 is 0 Å². The van der Waals surface area contributed by atoms with Gasteiger partial charge in [-0.05, 0) is 31.2 Å². The Morgan fingerprint density at radius 1 is 1.19 bits per heavy atom. The molecule has 2 heterocycles. The minimum atomic E-state index is -4.37. The number of aromatic amines is 1. The molecule has 4 unspecified atom stereocenters. The van der Waals surface area contributed by atoms with Crippen molar-refractivity contribution in [2.45, 2.75) is 43.7 Å². The van der Waals surface area contributed by atoms with E-state index in [1.54, 1.807) is 0 Å². The number of aromatic nitrogens is 2. The standard InChI is InChI=1S/C19H25F4N5O3/c1-31-16-14-11(17(29)26-18(30)28(14)10-2-3-10)13(25)12(20)15(16)27-6-8(4-19(21,22)23)9(5-24)7-27/h8-10,12,15H,2-7,24-25H2,1H3,(H,26,29,30). The van der Waals surface area contributed by atoms with Gasteiger partial charge in [-0.15, -0.1) is 0 Å². The van der Waals surface area contributed by atoms with Gasteiger partial charge in [0.15, 0.2) is 6.17 Å². The van der Waals surface area contributed by atoms with Crippen LogP contribution in [-0.4, -0.2) is 59.6 Å². The maximum Gasteiger partial charge on any atom is 0.389 e. The topological polar surface area (TPSA) is 119 Å². The number of H-pyrrole nitrogens is 1. The molecule has 0 aromatic carbocycles. The van der Waals surface area contributed by atoms with Gasteiger partial charge in [-0.1, -0.05) is 0 Å². The number of alkyl halides is 4. The number of methoxy groups -OCH3 is 1. The van der Waals surface area contributed by atoms with Gasteiger partial charge >= 0.3 is 11.9 Å². The maximum absolute atomic E-state index is 15.5. The summed E-state index contributed by atoms with van der Waals surface area (Å²) in [4.78, 5) is 28.7. The van der Waals surface area contributed by atoms with Gasteiger partial charge in [0.1, 0.15) is 11.8 Å². The Kier molecular flexibility index (Phi) is 5.41. The number of ether oxygens (including phenoxy) is 1. The zero-order valence-electron chi connectivity index (χ0n) is 16.9. The van der Waals surface area contributed by atoms with Crippen LogP contribution in [-0.2, 0) is 4.74 Å². The van der Waals surface area contributed by atoms with Crippen molar-refractivity contribution < 1.29 is 22.3 Å². The van der Waals surface area contributed by atoms with Gasteiger partial charge in [0, 0.05) is 25.6 Å². The third-order valence-corrected chi connectivity index (χ3v) is 6.44. The van der Waals surface area contributed by atoms with Crippen LogP contribution in [0.15, 0.2) is 9.59 Å². The van der Waals surface area contributed by atoms with Crippen LogP contribution in [0.3, 0.4) is 0 Å². The van der Waals surface area contributed by atoms with Crippen LogP contribution in [0.25, 0.3) is 11.5 Å². The molecule has 0 radical (unpaired) electrons. The second-order valence-electron chi connectivity index (χ2n) is 8.48. The summed E-state index contributed by atoms with van der Waals surface area (Å²) in [5.74, 6) is -1.27. The highest BCUT2D eigenvalue weighted by Crippen LogP contribution is 2.37. The lowest BCUT2D eigenvalue weighted by Crippen LogP contribution is -2.63. The Hall–Kier alpha value is -2.34. The number of nitrogens with two attached hydrogens (primary N) is 2. The second-order valence-corrected chi connectivity index (χ2v) is 8.48. The van der Waals surface area contributed by atoms with E-state index in [1.165, 1.54) is 16.6 Å². The summed E-state index contributed by atoms with van der Waals surface area (Å²) in [6.45, 7) is 0.0823. The largest absolute Gasteiger partial charge is 0.497 e. The van der Waals surface area contributed by atoms with Crippen molar-refractivity contribution in [2.24, 2.45) is 23.3 Å². The van der Waals surface area contributed by atoms with E-state index >= 15 is 4.39 Å². The molecule has 172 valence electrons. The van der Waals surface area contributed by atoms with E-state index in [0.717, 1.165) is 0 Å². The predicted molar refractivity (Wildman–Crippen MR) is 104 cm³/mol. The van der Waals surface area contributed by atoms with Crippen LogP contribution in [0.5, 0.6) is 0 Å². The summed E-state index contributed by atoms with van der Waals surface area (Å²) in [5.41, 5.74) is 9.89. The SMILES string of the molecule is COC1=c2c(c(=O)[nH]c(=O)n2C2CC2)=C(N)C(F)C1N1CC(CN)C(CC(F)(F)F)C1. The monoisotopic (exact) mass is 447 g/mol. The van der Waals surface area contributed by atoms with Crippen LogP contribution in [0.4, 0.5) is 17.6 Å². The summed E-state index contributed by atoms with van der Waals surface area (Å²) in [6.07, 6.45) is -5.89. The van der Waals surface area contributed by atoms with Crippen LogP contribution in [0.1, 0.15) is 25.3 Å². The van der Waals surface area contributed by atoms with E-state index in [4.69, 9.17) is 16.2 Å². The normalized spacial score (nSPS) is 29.4. The number of hydrogen-bond acceptors (Lipinski definition) is 6. The van der Waals surface area contributed by atoms with Crippen LogP contribution < -0.4 is 33.3 Å². The Labute approximate surface area is 174 Å². The highest BCUT2D eigenvalue weighted by molar-refractivity contribution is 5.60. The van der Waals surface area contributed by atoms with Gasteiger partial charge < -0.3 is 16.2 Å². The summed E-state index contributed by atoms with van der Waals surface area (Å²) in [7, 11) is 1.28. The Balaban J connectivity index is 1.87. The minimum Gasteiger partial charge on any atom is -0.497 e. The molecule has 0 spiro atoms. The quantitative estimate of drug-likeness (QED) is 0.492. The zero-order chi connectivity index (χ0) is 22.7. The molecule has 0 bridgehead atoms. The number of nitrogens with one attached hydrogen (secondary N) is 1. The predicted octanol–water partition coefficient (Wildman–Crippen LogP) is -1.13. The number of fused-ring (bicyclic) bond motifs is 1. The first kappa shape index (κ1) is 21.9. The van der Waals surface area contributed by atoms with E-state index in [-0.39, 0.29) is 47.7 Å². The van der Waals surface area contributed by atoms with Gasteiger partial charge in [-0.2, -0.15) is 13.2 Å². The van der Waals surface area contributed by atoms with Crippen molar-refractivity contribution in [3.63, 3.8) is 0 Å². The van der Waals surface area contributed by atoms with Crippen molar-refractivity contribution in [3.05, 3.63) is 31.4 Å². The summed E-state index contributed by atoms with van der Waals surface area (Å²) in [5, 5.41) is -0.0489. The second kappa shape index (κ2) is 7.66. The van der Waals surface area contributed by atoms with E-state index < -0.39 is 47.9 Å². The van der Waals surface area contributed by atoms with Gasteiger partial charge in [-0.3, -0.25) is 19.2 Å². The first-order valence-electron chi connectivity index (χ1n) is 10.1. The molecule has 2 aliphatic carbocycles. The van der Waals surface area contributed by atoms with Crippen molar-refractivity contribution in [1.29, 1.82) is 0 Å². The van der Waals surface area contributed by atoms with E-state index in [2.05, 4.69) is 4.98 Å². The molecule has 4 atom stereocenters. The zero-order valence-corrected chi connectivity index (χ0v) is 16.9. The van der Waals surface area contributed by atoms with Crippen molar-refractivity contribution >= 4 is 11.5 Å². The highest BCUT2D eigenvalue weighted by atomic mass is 19.4. The summed E-state index contributed by atoms with van der Waals surface area (Å²) < 4.78 is 61.5. The van der Waals surface area contributed by atoms with Crippen molar-refractivity contribution in [1.82, 2.24) is 14.5 Å². The van der Waals surface area contributed by atoms with Crippen molar-refractivity contribution in [3.8, 4) is 0 Å². The lowest BCUT2D eigenvalue weighted by atomic mass is 9.93. The molecule has 5 N–H and O–H groups in total. The first-order valence-corrected chi connectivity index (χ1v) is 10.1. The first-order chi connectivity index (χ1) is 14.6. The van der Waals surface area contributed by atoms with E-state index in [1.807, 2.05) is 0 Å². The Bertz CT molecular complexity index is 1110. The smallest absolute Gasteiger partial charge is 0.389 e. The highest BCUT2D eigenvalue weighted by Gasteiger charge is 2.47. The number of rotatable bonds is 5. The maximum atomic E-state index is 15.5. The molecule has 1 aromatic rings. The fourth-order valence-corrected chi connectivity index (χ4v) is 4.89. The number of likely N-dealkylation sites (tertiary alicyclic amines) is 1. The Morgan fingerprint density at radius 3 is 2.39 bits per heavy atom. The third-order valence-electron chi connectivity index (χ3n) is 6.44. The molecule has 3 aliphatic rings. The summed E-state index contributed by atoms with van der Waals surface area (Å²) in [6, 6.07) is -1.34. The summed E-state index contributed by atoms with van der Waals surface area (Å²) >= 11 is 0. The lowest BCUT2D eigenvalue weighted by molar-refractivity contribution is -0.146. The van der Waals surface area contributed by atoms with Crippen LogP contribution in [0.2, 0.25) is 0 Å². The average Bonchev–Trinajstić information content (AvgIpc) is 3.43. The van der Waals surface area contributed by atoms with E-state index in [0.29, 0.717) is 12.8 Å². The molecule has 8 nitrogen and oxygen atoms in total. The van der Waals surface area contributed by atoms with Gasteiger partial charge in [0.05, 0.1) is 23.4 Å². The van der Waals surface area contributed by atoms with Gasteiger partial charge in [-0.25, -0.2) is 9.18 Å². The molecule has 1 aromatic heterocycles. The van der Waals surface area contributed by atoms with Crippen molar-refractivity contribution in [2.75, 3.05) is 26.7 Å². The number of halogens is 4. The molecule has 1 aliphatic heterocycles. The molecule has 0 amide bonds. The molecule has 1 saturated heterocycles. The molecule has 12 heteroatoms. The van der Waals surface area contributed by atoms with E-state index in [9.17, 15) is 22.8 Å². The molecular weight excluding hydrogens is 422 g/mol. The molecule has 31 heavy (non-hydrogen) atoms. The number of nitrogens with zero attached hydrogens (tertiary/aromatic N) is 2. The molecule has 1 saturated carbocycles. The van der Waals surface area contributed by atoms with Gasteiger partial charge in [0.2, 0.25) is 0 Å². The Morgan fingerprint density at radius 2 is 1.84 bits per heavy atom. The number of hydrogen-bond donors (Lipinski definition) is 3. The molecule has 2 fully saturated rings. The van der Waals surface area contributed by atoms with Gasteiger partial charge in [0.25, 0.3) is 5.56 Å². The third kappa shape index (κ3) is 3.75. The fourth-order valence-electron chi connectivity index (χ4n) is 4.89. The minimum absolute atomic E-state index is 0.0193. The molecule has 4 rings (SSSR count). The fraction of sp³-hybridized carbons (Fsp3) is 0.684. The molecular formula is C19H25F4N5O3. The lowest BCUT2D eigenvalue weighted by Gasteiger charge is -2.34. The van der Waals surface area contributed by atoms with Crippen LogP contribution in [0, 0.1) is 11.8 Å².